The van der Waals surface area contributed by atoms with Gasteiger partial charge in [0.2, 0.25) is 0 Å². The molecule has 4 nitrogen and oxygen atoms in total. The van der Waals surface area contributed by atoms with E-state index in [2.05, 4.69) is 0 Å². The van der Waals surface area contributed by atoms with Gasteiger partial charge >= 0.3 is 0 Å². The maximum Gasteiger partial charge on any atom is 0.266 e. The van der Waals surface area contributed by atoms with E-state index in [0.29, 0.717) is 28.1 Å². The highest BCUT2D eigenvalue weighted by Crippen LogP contribution is 2.33. The minimum Gasteiger partial charge on any atom is -0.489 e. The predicted octanol–water partition coefficient (Wildman–Crippen LogP) is 4.78. The predicted molar refractivity (Wildman–Crippen MR) is 116 cm³/mol. The van der Waals surface area contributed by atoms with Gasteiger partial charge in [-0.15, -0.1) is 0 Å². The zero-order chi connectivity index (χ0) is 20.2. The van der Waals surface area contributed by atoms with Crippen molar-refractivity contribution in [1.82, 2.24) is 4.90 Å². The Morgan fingerprint density at radius 3 is 2.66 bits per heavy atom. The molecular weight excluding hydrogens is 409 g/mol. The largest absolute Gasteiger partial charge is 0.489 e. The van der Waals surface area contributed by atoms with E-state index in [1.54, 1.807) is 17.0 Å². The Kier molecular flexibility index (Phi) is 6.28. The highest BCUT2D eigenvalue weighted by molar-refractivity contribution is 8.26. The van der Waals surface area contributed by atoms with Gasteiger partial charge in [-0.2, -0.15) is 0 Å². The highest BCUT2D eigenvalue weighted by atomic mass is 32.2. The number of halogens is 1. The van der Waals surface area contributed by atoms with Crippen LogP contribution < -0.4 is 4.74 Å². The van der Waals surface area contributed by atoms with Crippen LogP contribution in [0.25, 0.3) is 6.08 Å². The summed E-state index contributed by atoms with van der Waals surface area (Å²) in [4.78, 5) is 15.0. The van der Waals surface area contributed by atoms with Crippen LogP contribution in [0.1, 0.15) is 24.0 Å². The highest BCUT2D eigenvalue weighted by Gasteiger charge is 2.34. The standard InChI is InChI=1S/C22H20FNO3S2/c23-17-7-3-16(4-8-17)14-27-18-9-5-15(6-10-18)12-20-21(25)24(22(28)29-20)13-19-2-1-11-26-19/h3-10,12,19H,1-2,11,13-14H2/b20-12-/t19-/m0/s1. The van der Waals surface area contributed by atoms with Gasteiger partial charge in [-0.05, 0) is 54.3 Å². The van der Waals surface area contributed by atoms with E-state index < -0.39 is 0 Å². The number of nitrogens with zero attached hydrogens (tertiary/aromatic N) is 1. The fourth-order valence-corrected chi connectivity index (χ4v) is 4.48. The average molecular weight is 430 g/mol. The van der Waals surface area contributed by atoms with Gasteiger partial charge in [0.05, 0.1) is 17.6 Å². The summed E-state index contributed by atoms with van der Waals surface area (Å²) in [5, 5.41) is 0. The summed E-state index contributed by atoms with van der Waals surface area (Å²) in [6.45, 7) is 1.64. The molecule has 1 amide bonds. The molecular formula is C22H20FNO3S2. The lowest BCUT2D eigenvalue weighted by molar-refractivity contribution is -0.123. The van der Waals surface area contributed by atoms with Crippen molar-refractivity contribution >= 4 is 40.3 Å². The van der Waals surface area contributed by atoms with Crippen molar-refractivity contribution in [2.24, 2.45) is 0 Å². The third-order valence-corrected chi connectivity index (χ3v) is 6.16. The summed E-state index contributed by atoms with van der Waals surface area (Å²) in [6, 6.07) is 13.7. The number of thiocarbonyl (C=S) groups is 1. The van der Waals surface area contributed by atoms with Crippen LogP contribution in [0.2, 0.25) is 0 Å². The average Bonchev–Trinajstić information content (AvgIpc) is 3.33. The maximum absolute atomic E-state index is 12.9. The number of thioether (sulfide) groups is 1. The Bertz CT molecular complexity index is 922. The molecule has 0 aliphatic carbocycles. The SMILES string of the molecule is O=C1/C(=C/c2ccc(OCc3ccc(F)cc3)cc2)SC(=S)N1C[C@@H]1CCCO1. The van der Waals surface area contributed by atoms with Crippen molar-refractivity contribution in [3.05, 3.63) is 70.4 Å². The third-order valence-electron chi connectivity index (χ3n) is 4.78. The van der Waals surface area contributed by atoms with Crippen molar-refractivity contribution in [2.75, 3.05) is 13.2 Å². The van der Waals surface area contributed by atoms with Crippen LogP contribution in [0.15, 0.2) is 53.4 Å². The number of hydrogen-bond donors (Lipinski definition) is 0. The lowest BCUT2D eigenvalue weighted by Crippen LogP contribution is -2.35. The summed E-state index contributed by atoms with van der Waals surface area (Å²) >= 11 is 6.71. The molecule has 2 aromatic carbocycles. The fourth-order valence-electron chi connectivity index (χ4n) is 3.21. The summed E-state index contributed by atoms with van der Waals surface area (Å²) < 4.78 is 24.9. The summed E-state index contributed by atoms with van der Waals surface area (Å²) in [5.41, 5.74) is 1.79. The molecule has 0 aromatic heterocycles. The Morgan fingerprint density at radius 1 is 1.21 bits per heavy atom. The second kappa shape index (κ2) is 9.07. The maximum atomic E-state index is 12.9. The van der Waals surface area contributed by atoms with E-state index in [1.807, 2.05) is 30.3 Å². The number of rotatable bonds is 6. The molecule has 0 unspecified atom stereocenters. The molecule has 2 heterocycles. The van der Waals surface area contributed by atoms with Crippen LogP contribution in [-0.2, 0) is 16.1 Å². The zero-order valence-corrected chi connectivity index (χ0v) is 17.3. The molecule has 0 N–H and O–H groups in total. The van der Waals surface area contributed by atoms with Crippen LogP contribution in [0.5, 0.6) is 5.75 Å². The smallest absolute Gasteiger partial charge is 0.266 e. The molecule has 0 saturated carbocycles. The Labute approximate surface area is 178 Å². The summed E-state index contributed by atoms with van der Waals surface area (Å²) in [7, 11) is 0. The van der Waals surface area contributed by atoms with Crippen molar-refractivity contribution < 1.29 is 18.7 Å². The molecule has 150 valence electrons. The van der Waals surface area contributed by atoms with Crippen LogP contribution in [0.4, 0.5) is 4.39 Å². The minimum absolute atomic E-state index is 0.0628. The molecule has 0 bridgehead atoms. The van der Waals surface area contributed by atoms with Gasteiger partial charge in [-0.3, -0.25) is 9.69 Å². The zero-order valence-electron chi connectivity index (χ0n) is 15.7. The number of carbonyl (C=O) groups excluding carboxylic acids is 1. The molecule has 0 spiro atoms. The molecule has 2 aliphatic rings. The van der Waals surface area contributed by atoms with E-state index in [-0.39, 0.29) is 17.8 Å². The van der Waals surface area contributed by atoms with Gasteiger partial charge in [0, 0.05) is 6.61 Å². The second-order valence-corrected chi connectivity index (χ2v) is 8.59. The van der Waals surface area contributed by atoms with E-state index in [1.165, 1.54) is 23.9 Å². The molecule has 7 heteroatoms. The second-order valence-electron chi connectivity index (χ2n) is 6.91. The first-order chi connectivity index (χ1) is 14.1. The fraction of sp³-hybridized carbons (Fsp3) is 0.273. The van der Waals surface area contributed by atoms with Crippen LogP contribution in [0, 0.1) is 5.82 Å². The lowest BCUT2D eigenvalue weighted by atomic mass is 10.2. The third kappa shape index (κ3) is 5.04. The van der Waals surface area contributed by atoms with Gasteiger partial charge < -0.3 is 9.47 Å². The minimum atomic E-state index is -0.265. The molecule has 4 rings (SSSR count). The monoisotopic (exact) mass is 429 g/mol. The molecule has 29 heavy (non-hydrogen) atoms. The molecule has 1 atom stereocenters. The lowest BCUT2D eigenvalue weighted by Gasteiger charge is -2.18. The number of hydrogen-bond acceptors (Lipinski definition) is 5. The van der Waals surface area contributed by atoms with Crippen molar-refractivity contribution in [2.45, 2.75) is 25.6 Å². The summed E-state index contributed by atoms with van der Waals surface area (Å²) in [5.74, 6) is 0.379. The molecule has 0 radical (unpaired) electrons. The number of benzene rings is 2. The molecule has 2 aliphatic heterocycles. The van der Waals surface area contributed by atoms with Crippen LogP contribution in [0.3, 0.4) is 0 Å². The van der Waals surface area contributed by atoms with Gasteiger partial charge in [0.25, 0.3) is 5.91 Å². The van der Waals surface area contributed by atoms with E-state index in [4.69, 9.17) is 21.7 Å². The topological polar surface area (TPSA) is 38.8 Å². The Morgan fingerprint density at radius 2 is 1.97 bits per heavy atom. The first kappa shape index (κ1) is 20.1. The Balaban J connectivity index is 1.37. The first-order valence-electron chi connectivity index (χ1n) is 9.43. The van der Waals surface area contributed by atoms with Crippen molar-refractivity contribution in [1.29, 1.82) is 0 Å². The number of carbonyl (C=O) groups is 1. The first-order valence-corrected chi connectivity index (χ1v) is 10.7. The van der Waals surface area contributed by atoms with Crippen LogP contribution in [-0.4, -0.2) is 34.4 Å². The van der Waals surface area contributed by atoms with E-state index >= 15 is 0 Å². The molecule has 2 aromatic rings. The van der Waals surface area contributed by atoms with Gasteiger partial charge in [0.1, 0.15) is 22.5 Å². The Hall–Kier alpha value is -2.22. The van der Waals surface area contributed by atoms with Gasteiger partial charge in [-0.1, -0.05) is 48.2 Å². The van der Waals surface area contributed by atoms with Crippen molar-refractivity contribution in [3.63, 3.8) is 0 Å². The quantitative estimate of drug-likeness (QED) is 0.488. The number of amides is 1. The van der Waals surface area contributed by atoms with Crippen molar-refractivity contribution in [3.8, 4) is 5.75 Å². The van der Waals surface area contributed by atoms with E-state index in [9.17, 15) is 9.18 Å². The van der Waals surface area contributed by atoms with Crippen LogP contribution >= 0.6 is 24.0 Å². The normalized spacial score (nSPS) is 20.7. The molecule has 2 saturated heterocycles. The summed E-state index contributed by atoms with van der Waals surface area (Å²) in [6.07, 6.45) is 3.92. The van der Waals surface area contributed by atoms with E-state index in [0.717, 1.165) is 30.6 Å². The van der Waals surface area contributed by atoms with Gasteiger partial charge in [-0.25, -0.2) is 4.39 Å². The van der Waals surface area contributed by atoms with Gasteiger partial charge in [0.15, 0.2) is 0 Å². The number of ether oxygens (including phenoxy) is 2. The molecule has 2 fully saturated rings.